The normalized spacial score (nSPS) is 20.0. The fourth-order valence-corrected chi connectivity index (χ4v) is 3.89. The predicted octanol–water partition coefficient (Wildman–Crippen LogP) is 3.59. The number of piperidine rings is 1. The third-order valence-corrected chi connectivity index (χ3v) is 5.47. The van der Waals surface area contributed by atoms with Crippen LogP contribution in [0.4, 0.5) is 0 Å². The molecule has 2 N–H and O–H groups in total. The minimum Gasteiger partial charge on any atom is -0.478 e. The van der Waals surface area contributed by atoms with Crippen molar-refractivity contribution in [2.75, 3.05) is 19.7 Å². The molecule has 1 fully saturated rings. The zero-order chi connectivity index (χ0) is 21.2. The summed E-state index contributed by atoms with van der Waals surface area (Å²) in [5, 5.41) is 7.03. The van der Waals surface area contributed by atoms with Crippen molar-refractivity contribution in [1.82, 2.24) is 20.5 Å². The van der Waals surface area contributed by atoms with Crippen LogP contribution in [0.2, 0.25) is 0 Å². The van der Waals surface area contributed by atoms with Crippen LogP contribution < -0.4 is 15.4 Å². The van der Waals surface area contributed by atoms with Gasteiger partial charge in [0.05, 0.1) is 13.2 Å². The van der Waals surface area contributed by atoms with Crippen molar-refractivity contribution in [3.05, 3.63) is 59.8 Å². The number of nitrogens with one attached hydrogen (secondary N) is 2. The number of aromatic nitrogens is 1. The molecular formula is C24H35N5O. The van der Waals surface area contributed by atoms with Gasteiger partial charge in [0.25, 0.3) is 0 Å². The van der Waals surface area contributed by atoms with Gasteiger partial charge in [-0.2, -0.15) is 0 Å². The molecule has 0 spiro atoms. The lowest BCUT2D eigenvalue weighted by molar-refractivity contribution is 0.134. The molecule has 3 rings (SSSR count). The SMILES string of the molecule is CCNC(=NCc1cccnc1OCC)NC1CCN(Cc2ccccc2)C(C)C1. The molecule has 0 amide bonds. The lowest BCUT2D eigenvalue weighted by Gasteiger charge is -2.38. The van der Waals surface area contributed by atoms with Gasteiger partial charge < -0.3 is 15.4 Å². The molecule has 1 aliphatic rings. The zero-order valence-corrected chi connectivity index (χ0v) is 18.5. The fourth-order valence-electron chi connectivity index (χ4n) is 3.89. The lowest BCUT2D eigenvalue weighted by atomic mass is 9.97. The van der Waals surface area contributed by atoms with Gasteiger partial charge in [-0.15, -0.1) is 0 Å². The lowest BCUT2D eigenvalue weighted by Crippen LogP contribution is -2.51. The number of ether oxygens (including phenoxy) is 1. The highest BCUT2D eigenvalue weighted by Crippen LogP contribution is 2.20. The van der Waals surface area contributed by atoms with E-state index in [-0.39, 0.29) is 0 Å². The smallest absolute Gasteiger partial charge is 0.218 e. The van der Waals surface area contributed by atoms with Crippen LogP contribution in [-0.2, 0) is 13.1 Å². The predicted molar refractivity (Wildman–Crippen MR) is 123 cm³/mol. The van der Waals surface area contributed by atoms with Crippen molar-refractivity contribution in [3.8, 4) is 5.88 Å². The molecule has 162 valence electrons. The summed E-state index contributed by atoms with van der Waals surface area (Å²) in [6.07, 6.45) is 3.97. The van der Waals surface area contributed by atoms with Crippen LogP contribution in [-0.4, -0.2) is 47.6 Å². The first-order valence-corrected chi connectivity index (χ1v) is 11.1. The largest absolute Gasteiger partial charge is 0.478 e. The van der Waals surface area contributed by atoms with Crippen LogP contribution in [0.15, 0.2) is 53.7 Å². The summed E-state index contributed by atoms with van der Waals surface area (Å²) in [6, 6.07) is 15.6. The van der Waals surface area contributed by atoms with E-state index in [1.54, 1.807) is 6.20 Å². The average Bonchev–Trinajstić information content (AvgIpc) is 2.76. The van der Waals surface area contributed by atoms with Gasteiger partial charge in [0, 0.05) is 43.5 Å². The summed E-state index contributed by atoms with van der Waals surface area (Å²) >= 11 is 0. The monoisotopic (exact) mass is 409 g/mol. The Labute approximate surface area is 180 Å². The van der Waals surface area contributed by atoms with Gasteiger partial charge in [0.1, 0.15) is 0 Å². The third kappa shape index (κ3) is 6.46. The van der Waals surface area contributed by atoms with Crippen LogP contribution in [0, 0.1) is 0 Å². The summed E-state index contributed by atoms with van der Waals surface area (Å²) < 4.78 is 5.63. The van der Waals surface area contributed by atoms with Crippen molar-refractivity contribution < 1.29 is 4.74 Å². The quantitative estimate of drug-likeness (QED) is 0.515. The second-order valence-electron chi connectivity index (χ2n) is 7.77. The molecule has 2 heterocycles. The fraction of sp³-hybridized carbons (Fsp3) is 0.500. The number of pyridine rings is 1. The molecule has 0 radical (unpaired) electrons. The molecule has 2 aromatic rings. The van der Waals surface area contributed by atoms with Gasteiger partial charge in [-0.1, -0.05) is 36.4 Å². The molecule has 30 heavy (non-hydrogen) atoms. The zero-order valence-electron chi connectivity index (χ0n) is 18.5. The average molecular weight is 410 g/mol. The molecule has 2 unspecified atom stereocenters. The Kier molecular flexibility index (Phi) is 8.51. The van der Waals surface area contributed by atoms with E-state index < -0.39 is 0 Å². The maximum atomic E-state index is 5.63. The minimum atomic E-state index is 0.421. The number of aliphatic imine (C=N–C) groups is 1. The Bertz CT molecular complexity index is 795. The van der Waals surface area contributed by atoms with Crippen molar-refractivity contribution >= 4 is 5.96 Å². The first-order valence-electron chi connectivity index (χ1n) is 11.1. The molecule has 2 atom stereocenters. The molecule has 1 aromatic heterocycles. The number of benzene rings is 1. The number of nitrogens with zero attached hydrogens (tertiary/aromatic N) is 3. The second kappa shape index (κ2) is 11.6. The Morgan fingerprint density at radius 3 is 2.77 bits per heavy atom. The van der Waals surface area contributed by atoms with Crippen LogP contribution >= 0.6 is 0 Å². The first kappa shape index (κ1) is 22.1. The van der Waals surface area contributed by atoms with Crippen molar-refractivity contribution in [2.24, 2.45) is 4.99 Å². The third-order valence-electron chi connectivity index (χ3n) is 5.47. The van der Waals surface area contributed by atoms with Crippen molar-refractivity contribution in [1.29, 1.82) is 0 Å². The number of hydrogen-bond acceptors (Lipinski definition) is 4. The number of hydrogen-bond donors (Lipinski definition) is 2. The molecule has 6 nitrogen and oxygen atoms in total. The van der Waals surface area contributed by atoms with Crippen LogP contribution in [0.5, 0.6) is 5.88 Å². The highest BCUT2D eigenvalue weighted by atomic mass is 16.5. The summed E-state index contributed by atoms with van der Waals surface area (Å²) in [7, 11) is 0. The van der Waals surface area contributed by atoms with Gasteiger partial charge in [0.2, 0.25) is 5.88 Å². The molecule has 0 saturated carbocycles. The van der Waals surface area contributed by atoms with Crippen molar-refractivity contribution in [2.45, 2.75) is 58.8 Å². The summed E-state index contributed by atoms with van der Waals surface area (Å²) in [5.41, 5.74) is 2.38. The van der Waals surface area contributed by atoms with Crippen LogP contribution in [0.25, 0.3) is 0 Å². The summed E-state index contributed by atoms with van der Waals surface area (Å²) in [5.74, 6) is 1.53. The van der Waals surface area contributed by atoms with E-state index in [4.69, 9.17) is 9.73 Å². The second-order valence-corrected chi connectivity index (χ2v) is 7.77. The Balaban J connectivity index is 1.57. The summed E-state index contributed by atoms with van der Waals surface area (Å²) in [4.78, 5) is 11.7. The maximum absolute atomic E-state index is 5.63. The highest BCUT2D eigenvalue weighted by Gasteiger charge is 2.26. The Hall–Kier alpha value is -2.60. The Morgan fingerprint density at radius 2 is 2.03 bits per heavy atom. The minimum absolute atomic E-state index is 0.421. The van der Waals surface area contributed by atoms with E-state index in [1.807, 2.05) is 19.1 Å². The standard InChI is InChI=1S/C24H35N5O/c1-4-25-24(27-17-21-12-9-14-26-23(21)30-5-2)28-22-13-15-29(19(3)16-22)18-20-10-7-6-8-11-20/h6-12,14,19,22H,4-5,13,15-18H2,1-3H3,(H2,25,27,28). The molecule has 0 aliphatic carbocycles. The van der Waals surface area contributed by atoms with Crippen LogP contribution in [0.3, 0.4) is 0 Å². The molecule has 0 bridgehead atoms. The van der Waals surface area contributed by atoms with E-state index in [9.17, 15) is 0 Å². The molecular weight excluding hydrogens is 374 g/mol. The van der Waals surface area contributed by atoms with E-state index in [0.29, 0.717) is 31.1 Å². The summed E-state index contributed by atoms with van der Waals surface area (Å²) in [6.45, 7) is 10.5. The highest BCUT2D eigenvalue weighted by molar-refractivity contribution is 5.80. The molecule has 6 heteroatoms. The van der Waals surface area contributed by atoms with Gasteiger partial charge in [-0.05, 0) is 45.2 Å². The van der Waals surface area contributed by atoms with Gasteiger partial charge in [0.15, 0.2) is 5.96 Å². The van der Waals surface area contributed by atoms with E-state index >= 15 is 0 Å². The topological polar surface area (TPSA) is 61.8 Å². The number of guanidine groups is 1. The van der Waals surface area contributed by atoms with Gasteiger partial charge in [-0.25, -0.2) is 9.98 Å². The number of likely N-dealkylation sites (tertiary alicyclic amines) is 1. The maximum Gasteiger partial charge on any atom is 0.218 e. The molecule has 1 aromatic carbocycles. The first-order chi connectivity index (χ1) is 14.7. The van der Waals surface area contributed by atoms with E-state index in [0.717, 1.165) is 44.0 Å². The van der Waals surface area contributed by atoms with Gasteiger partial charge in [-0.3, -0.25) is 4.90 Å². The van der Waals surface area contributed by atoms with Gasteiger partial charge >= 0.3 is 0 Å². The van der Waals surface area contributed by atoms with Crippen LogP contribution in [0.1, 0.15) is 44.7 Å². The Morgan fingerprint density at radius 1 is 1.20 bits per heavy atom. The van der Waals surface area contributed by atoms with E-state index in [2.05, 4.69) is 64.7 Å². The van der Waals surface area contributed by atoms with Crippen molar-refractivity contribution in [3.63, 3.8) is 0 Å². The number of rotatable bonds is 8. The molecule has 1 saturated heterocycles. The molecule has 1 aliphatic heterocycles. The van der Waals surface area contributed by atoms with E-state index in [1.165, 1.54) is 5.56 Å².